The molecule has 1 saturated heterocycles. The van der Waals surface area contributed by atoms with Gasteiger partial charge in [-0.2, -0.15) is 0 Å². The molecule has 1 aliphatic heterocycles. The van der Waals surface area contributed by atoms with Gasteiger partial charge in [-0.1, -0.05) is 0 Å². The predicted octanol–water partition coefficient (Wildman–Crippen LogP) is 3.08. The van der Waals surface area contributed by atoms with Gasteiger partial charge >= 0.3 is 0 Å². The van der Waals surface area contributed by atoms with Gasteiger partial charge in [0, 0.05) is 19.9 Å². The maximum absolute atomic E-state index is 6.05. The van der Waals surface area contributed by atoms with Gasteiger partial charge in [0.25, 0.3) is 8.05 Å². The lowest BCUT2D eigenvalue weighted by Gasteiger charge is -2.53. The fraction of sp³-hybridized carbons (Fsp3) is 1.00. The van der Waals surface area contributed by atoms with E-state index in [2.05, 4.69) is 39.6 Å². The molecule has 0 saturated carbocycles. The molecule has 104 valence electrons. The highest BCUT2D eigenvalue weighted by Gasteiger charge is 2.43. The van der Waals surface area contributed by atoms with Crippen LogP contribution in [0.3, 0.4) is 0 Å². The Morgan fingerprint density at radius 3 is 2.00 bits per heavy atom. The fourth-order valence-electron chi connectivity index (χ4n) is 2.61. The van der Waals surface area contributed by atoms with Gasteiger partial charge in [-0.3, -0.25) is 4.90 Å². The molecule has 1 aliphatic rings. The normalized spacial score (nSPS) is 25.9. The summed E-state index contributed by atoms with van der Waals surface area (Å²) in [7, 11) is 7.74. The average Bonchev–Trinajstić information content (AvgIpc) is 2.22. The van der Waals surface area contributed by atoms with E-state index in [4.69, 9.17) is 17.2 Å². The van der Waals surface area contributed by atoms with Crippen molar-refractivity contribution in [2.75, 3.05) is 7.05 Å². The van der Waals surface area contributed by atoms with Crippen LogP contribution in [-0.2, 0) is 9.18 Å². The highest BCUT2D eigenvalue weighted by Crippen LogP contribution is 2.42. The Morgan fingerprint density at radius 2 is 1.61 bits per heavy atom. The number of hydrogen-bond acceptors (Lipinski definition) is 3. The zero-order chi connectivity index (χ0) is 14.2. The molecular weight excluding hydrogens is 244 g/mol. The van der Waals surface area contributed by atoms with Crippen molar-refractivity contribution in [2.24, 2.45) is 0 Å². The molecule has 0 spiro atoms. The first-order chi connectivity index (χ1) is 8.00. The van der Waals surface area contributed by atoms with Crippen LogP contribution in [-0.4, -0.2) is 42.5 Å². The van der Waals surface area contributed by atoms with Crippen molar-refractivity contribution in [1.82, 2.24) is 4.90 Å². The molecule has 0 N–H and O–H groups in total. The lowest BCUT2D eigenvalue weighted by atomic mass is 9.79. The summed E-state index contributed by atoms with van der Waals surface area (Å²) in [5.74, 6) is 0. The zero-order valence-corrected chi connectivity index (χ0v) is 13.8. The Kier molecular flexibility index (Phi) is 4.93. The second kappa shape index (κ2) is 5.40. The van der Waals surface area contributed by atoms with Crippen LogP contribution < -0.4 is 0 Å². The third-order valence-corrected chi connectivity index (χ3v) is 5.10. The van der Waals surface area contributed by atoms with Crippen LogP contribution in [0.25, 0.3) is 0 Å². The molecule has 0 aliphatic carbocycles. The minimum absolute atomic E-state index is 0.157. The van der Waals surface area contributed by atoms with E-state index in [0.717, 1.165) is 12.8 Å². The van der Waals surface area contributed by atoms with Gasteiger partial charge in [-0.05, 0) is 61.4 Å². The van der Waals surface area contributed by atoms with Gasteiger partial charge in [-0.25, -0.2) is 0 Å². The van der Waals surface area contributed by atoms with E-state index < -0.39 is 5.34 Å². The predicted molar refractivity (Wildman–Crippen MR) is 79.3 cm³/mol. The van der Waals surface area contributed by atoms with Gasteiger partial charge in [-0.15, -0.1) is 0 Å². The minimum Gasteiger partial charge on any atom is -0.438 e. The van der Waals surface area contributed by atoms with Crippen molar-refractivity contribution >= 4 is 16.9 Å². The van der Waals surface area contributed by atoms with E-state index in [-0.39, 0.29) is 26.0 Å². The van der Waals surface area contributed by atoms with Crippen molar-refractivity contribution in [3.05, 3.63) is 0 Å². The van der Waals surface area contributed by atoms with Crippen LogP contribution in [0.2, 0.25) is 0 Å². The maximum atomic E-state index is 6.05. The lowest BCUT2D eigenvalue weighted by molar-refractivity contribution is -0.0535. The van der Waals surface area contributed by atoms with Crippen LogP contribution in [0.4, 0.5) is 0 Å². The molecule has 1 heterocycles. The van der Waals surface area contributed by atoms with Crippen molar-refractivity contribution < 1.29 is 9.18 Å². The maximum Gasteiger partial charge on any atom is 0.283 e. The lowest BCUT2D eigenvalue weighted by Crippen LogP contribution is -2.60. The summed E-state index contributed by atoms with van der Waals surface area (Å²) in [6.45, 7) is 13.0. The van der Waals surface area contributed by atoms with E-state index in [1.165, 1.54) is 0 Å². The molecule has 1 rings (SSSR count). The smallest absolute Gasteiger partial charge is 0.283 e. The molecular formula is C13H27BNO2P. The molecule has 0 aromatic carbocycles. The van der Waals surface area contributed by atoms with Gasteiger partial charge in [0.1, 0.15) is 0 Å². The Hall–Kier alpha value is 0.375. The molecule has 0 bridgehead atoms. The largest absolute Gasteiger partial charge is 0.438 e. The topological polar surface area (TPSA) is 21.7 Å². The first-order valence-electron chi connectivity index (χ1n) is 6.55. The molecule has 3 nitrogen and oxygen atoms in total. The molecule has 5 heteroatoms. The SMILES string of the molecule is [B]OC(C)(C)POC1CC(C)(C)N(C)C(C)(C)C1. The van der Waals surface area contributed by atoms with E-state index in [0.29, 0.717) is 0 Å². The third kappa shape index (κ3) is 3.93. The van der Waals surface area contributed by atoms with Crippen LogP contribution in [0.1, 0.15) is 54.4 Å². The van der Waals surface area contributed by atoms with Crippen molar-refractivity contribution in [3.63, 3.8) is 0 Å². The number of likely N-dealkylation sites (tertiary alicyclic amines) is 1. The van der Waals surface area contributed by atoms with Crippen LogP contribution in [0, 0.1) is 0 Å². The number of rotatable bonds is 4. The summed E-state index contributed by atoms with van der Waals surface area (Å²) >= 11 is 0. The molecule has 0 amide bonds. The zero-order valence-electron chi connectivity index (χ0n) is 12.8. The van der Waals surface area contributed by atoms with E-state index in [9.17, 15) is 0 Å². The molecule has 1 fully saturated rings. The van der Waals surface area contributed by atoms with Gasteiger partial charge < -0.3 is 9.18 Å². The Labute approximate surface area is 115 Å². The minimum atomic E-state index is -0.391. The van der Waals surface area contributed by atoms with Gasteiger partial charge in [0.2, 0.25) is 0 Å². The van der Waals surface area contributed by atoms with Crippen LogP contribution in [0.15, 0.2) is 0 Å². The molecule has 1 atom stereocenters. The van der Waals surface area contributed by atoms with E-state index >= 15 is 0 Å². The quantitative estimate of drug-likeness (QED) is 0.579. The molecule has 2 radical (unpaired) electrons. The van der Waals surface area contributed by atoms with E-state index in [1.54, 1.807) is 0 Å². The van der Waals surface area contributed by atoms with Gasteiger partial charge in [0.05, 0.1) is 11.4 Å². The highest BCUT2D eigenvalue weighted by molar-refractivity contribution is 7.34. The Balaban J connectivity index is 2.64. The molecule has 18 heavy (non-hydrogen) atoms. The number of piperidine rings is 1. The number of hydrogen-bond donors (Lipinski definition) is 0. The average molecular weight is 271 g/mol. The molecule has 0 aromatic rings. The van der Waals surface area contributed by atoms with Crippen molar-refractivity contribution in [1.29, 1.82) is 0 Å². The summed E-state index contributed by atoms with van der Waals surface area (Å²) in [5, 5.41) is -0.391. The first-order valence-corrected chi connectivity index (χ1v) is 7.46. The molecule has 1 unspecified atom stereocenters. The van der Waals surface area contributed by atoms with Crippen LogP contribution >= 0.6 is 8.81 Å². The standard InChI is InChI=1S/C13H27BNO2P/c1-11(2)8-10(9-12(3,4)15(11)7)16-18-13(5,6)17-14/h10,18H,8-9H2,1-7H3. The first kappa shape index (κ1) is 16.4. The van der Waals surface area contributed by atoms with Crippen molar-refractivity contribution in [2.45, 2.75) is 76.9 Å². The fourth-order valence-corrected chi connectivity index (χ4v) is 3.28. The van der Waals surface area contributed by atoms with Crippen molar-refractivity contribution in [3.8, 4) is 0 Å². The summed E-state index contributed by atoms with van der Waals surface area (Å²) in [6.07, 6.45) is 2.36. The summed E-state index contributed by atoms with van der Waals surface area (Å²) in [5.41, 5.74) is 0.315. The second-order valence-corrected chi connectivity index (χ2v) is 8.71. The second-order valence-electron chi connectivity index (χ2n) is 7.06. The third-order valence-electron chi connectivity index (χ3n) is 4.04. The Bertz CT molecular complexity index is 277. The van der Waals surface area contributed by atoms with E-state index in [1.807, 2.05) is 13.8 Å². The summed E-state index contributed by atoms with van der Waals surface area (Å²) in [6, 6.07) is 0. The molecule has 0 aromatic heterocycles. The monoisotopic (exact) mass is 271 g/mol. The summed E-state index contributed by atoms with van der Waals surface area (Å²) < 4.78 is 11.0. The number of nitrogens with zero attached hydrogens (tertiary/aromatic N) is 1. The summed E-state index contributed by atoms with van der Waals surface area (Å²) in [4.78, 5) is 2.45. The van der Waals surface area contributed by atoms with Gasteiger partial charge in [0.15, 0.2) is 0 Å². The van der Waals surface area contributed by atoms with Crippen LogP contribution in [0.5, 0.6) is 0 Å². The Morgan fingerprint density at radius 1 is 1.17 bits per heavy atom. The highest BCUT2D eigenvalue weighted by atomic mass is 31.1.